The van der Waals surface area contributed by atoms with Gasteiger partial charge in [-0.05, 0) is 30.4 Å². The van der Waals surface area contributed by atoms with Gasteiger partial charge in [-0.2, -0.15) is 22.8 Å². The van der Waals surface area contributed by atoms with Crippen LogP contribution in [0.5, 0.6) is 5.88 Å². The monoisotopic (exact) mass is 449 g/mol. The van der Waals surface area contributed by atoms with Gasteiger partial charge >= 0.3 is 6.18 Å². The van der Waals surface area contributed by atoms with Crippen LogP contribution < -0.4 is 10.9 Å². The molecule has 1 saturated carbocycles. The van der Waals surface area contributed by atoms with E-state index in [0.29, 0.717) is 0 Å². The fourth-order valence-corrected chi connectivity index (χ4v) is 3.44. The molecule has 3 aromatic heterocycles. The minimum atomic E-state index is -4.73. The number of hydrogen-bond donors (Lipinski definition) is 2. The van der Waals surface area contributed by atoms with E-state index in [9.17, 15) is 27.9 Å². The molecule has 1 amide bonds. The lowest BCUT2D eigenvalue weighted by molar-refractivity contribution is -0.140. The van der Waals surface area contributed by atoms with Gasteiger partial charge in [0.25, 0.3) is 11.5 Å². The maximum absolute atomic E-state index is 13.5. The van der Waals surface area contributed by atoms with Crippen LogP contribution in [0.15, 0.2) is 29.2 Å². The SMILES string of the molecule is CC(C)(C)Cn1c(O)c(C(=O)NC2CC2)c(=O)n2nc(-c3cccnc3C(F)(F)F)cc12. The van der Waals surface area contributed by atoms with Crippen molar-refractivity contribution in [1.29, 1.82) is 0 Å². The largest absolute Gasteiger partial charge is 0.494 e. The summed E-state index contributed by atoms with van der Waals surface area (Å²) in [4.78, 5) is 29.2. The standard InChI is InChI=1S/C21H22F3N5O3/c1-20(2,3)10-28-14-9-13(12-5-4-8-25-16(12)21(22,23)24)27-29(14)19(32)15(18(28)31)17(30)26-11-6-7-11/h4-5,8-9,11,31H,6-7,10H2,1-3H3,(H,26,30). The Labute approximate surface area is 180 Å². The number of carbonyl (C=O) groups is 1. The van der Waals surface area contributed by atoms with Crippen molar-refractivity contribution >= 4 is 11.6 Å². The number of alkyl halides is 3. The molecule has 0 unspecified atom stereocenters. The third kappa shape index (κ3) is 4.06. The van der Waals surface area contributed by atoms with Crippen LogP contribution in [0.3, 0.4) is 0 Å². The van der Waals surface area contributed by atoms with E-state index < -0.39 is 40.2 Å². The number of fused-ring (bicyclic) bond motifs is 1. The van der Waals surface area contributed by atoms with Crippen LogP contribution >= 0.6 is 0 Å². The molecular weight excluding hydrogens is 427 g/mol. The number of pyridine rings is 1. The summed E-state index contributed by atoms with van der Waals surface area (Å²) in [5.74, 6) is -1.29. The van der Waals surface area contributed by atoms with E-state index in [1.165, 1.54) is 22.8 Å². The van der Waals surface area contributed by atoms with Gasteiger partial charge in [0, 0.05) is 30.4 Å². The van der Waals surface area contributed by atoms with Gasteiger partial charge < -0.3 is 10.4 Å². The third-order valence-electron chi connectivity index (χ3n) is 4.98. The first-order valence-electron chi connectivity index (χ1n) is 10.1. The van der Waals surface area contributed by atoms with Crippen molar-refractivity contribution in [2.45, 2.75) is 52.4 Å². The Morgan fingerprint density at radius 3 is 2.56 bits per heavy atom. The molecule has 2 N–H and O–H groups in total. The molecule has 32 heavy (non-hydrogen) atoms. The van der Waals surface area contributed by atoms with Crippen LogP contribution in [0.4, 0.5) is 13.2 Å². The summed E-state index contributed by atoms with van der Waals surface area (Å²) < 4.78 is 42.6. The Bertz CT molecular complexity index is 1270. The maximum atomic E-state index is 13.5. The number of halogens is 3. The predicted octanol–water partition coefficient (Wildman–Crippen LogP) is 3.22. The summed E-state index contributed by atoms with van der Waals surface area (Å²) in [6.45, 7) is 5.82. The Hall–Kier alpha value is -3.37. The van der Waals surface area contributed by atoms with Crippen molar-refractivity contribution in [2.75, 3.05) is 0 Å². The van der Waals surface area contributed by atoms with E-state index in [1.807, 2.05) is 20.8 Å². The van der Waals surface area contributed by atoms with Crippen LogP contribution in [0.2, 0.25) is 0 Å². The Morgan fingerprint density at radius 1 is 1.28 bits per heavy atom. The molecule has 1 aliphatic rings. The van der Waals surface area contributed by atoms with Crippen LogP contribution in [-0.2, 0) is 12.7 Å². The molecule has 0 aliphatic heterocycles. The highest BCUT2D eigenvalue weighted by atomic mass is 19.4. The number of aromatic nitrogens is 4. The zero-order valence-corrected chi connectivity index (χ0v) is 17.7. The molecule has 0 radical (unpaired) electrons. The van der Waals surface area contributed by atoms with E-state index in [2.05, 4.69) is 15.4 Å². The van der Waals surface area contributed by atoms with Crippen molar-refractivity contribution < 1.29 is 23.1 Å². The van der Waals surface area contributed by atoms with Crippen molar-refractivity contribution in [3.63, 3.8) is 0 Å². The molecule has 8 nitrogen and oxygen atoms in total. The van der Waals surface area contributed by atoms with Gasteiger partial charge in [-0.25, -0.2) is 0 Å². The topological polar surface area (TPSA) is 102 Å². The van der Waals surface area contributed by atoms with Gasteiger partial charge in [0.2, 0.25) is 5.88 Å². The summed E-state index contributed by atoms with van der Waals surface area (Å²) in [5, 5.41) is 17.6. The smallest absolute Gasteiger partial charge is 0.434 e. The Balaban J connectivity index is 1.98. The number of aromatic hydroxyl groups is 1. The number of nitrogens with one attached hydrogen (secondary N) is 1. The summed E-state index contributed by atoms with van der Waals surface area (Å²) in [7, 11) is 0. The normalized spacial score (nSPS) is 14.7. The molecule has 170 valence electrons. The highest BCUT2D eigenvalue weighted by molar-refractivity contribution is 5.96. The molecule has 0 aromatic carbocycles. The lowest BCUT2D eigenvalue weighted by Gasteiger charge is -2.23. The zero-order chi connectivity index (χ0) is 23.4. The van der Waals surface area contributed by atoms with Gasteiger partial charge in [0.05, 0.1) is 5.69 Å². The second-order valence-corrected chi connectivity index (χ2v) is 9.10. The first-order chi connectivity index (χ1) is 14.9. The van der Waals surface area contributed by atoms with Crippen LogP contribution in [-0.4, -0.2) is 36.2 Å². The highest BCUT2D eigenvalue weighted by Gasteiger charge is 2.36. The molecule has 3 aromatic rings. The quantitative estimate of drug-likeness (QED) is 0.637. The van der Waals surface area contributed by atoms with Gasteiger partial charge in [-0.3, -0.25) is 19.1 Å². The minimum Gasteiger partial charge on any atom is -0.494 e. The van der Waals surface area contributed by atoms with E-state index in [1.54, 1.807) is 0 Å². The molecule has 1 aliphatic carbocycles. The van der Waals surface area contributed by atoms with E-state index in [-0.39, 0.29) is 29.5 Å². The highest BCUT2D eigenvalue weighted by Crippen LogP contribution is 2.35. The zero-order valence-electron chi connectivity index (χ0n) is 17.7. The molecule has 0 atom stereocenters. The molecule has 4 rings (SSSR count). The number of carbonyl (C=O) groups excluding carboxylic acids is 1. The predicted molar refractivity (Wildman–Crippen MR) is 109 cm³/mol. The van der Waals surface area contributed by atoms with Gasteiger partial charge in [-0.15, -0.1) is 0 Å². The van der Waals surface area contributed by atoms with E-state index in [4.69, 9.17) is 0 Å². The number of amides is 1. The van der Waals surface area contributed by atoms with E-state index in [0.717, 1.165) is 23.6 Å². The molecule has 11 heteroatoms. The lowest BCUT2D eigenvalue weighted by Crippen LogP contribution is -2.35. The second kappa shape index (κ2) is 7.35. The fraction of sp³-hybridized carbons (Fsp3) is 0.429. The Morgan fingerprint density at radius 2 is 1.97 bits per heavy atom. The molecular formula is C21H22F3N5O3. The van der Waals surface area contributed by atoms with Crippen molar-refractivity contribution in [3.8, 4) is 17.1 Å². The summed E-state index contributed by atoms with van der Waals surface area (Å²) in [6.07, 6.45) is -2.16. The molecule has 0 spiro atoms. The van der Waals surface area contributed by atoms with E-state index >= 15 is 0 Å². The fourth-order valence-electron chi connectivity index (χ4n) is 3.44. The first-order valence-corrected chi connectivity index (χ1v) is 10.1. The minimum absolute atomic E-state index is 0.0639. The average molecular weight is 449 g/mol. The van der Waals surface area contributed by atoms with Crippen LogP contribution in [0.1, 0.15) is 49.7 Å². The summed E-state index contributed by atoms with van der Waals surface area (Å²) >= 11 is 0. The molecule has 3 heterocycles. The molecule has 0 bridgehead atoms. The van der Waals surface area contributed by atoms with Crippen molar-refractivity contribution in [1.82, 2.24) is 24.5 Å². The maximum Gasteiger partial charge on any atom is 0.434 e. The Kier molecular flexibility index (Phi) is 5.02. The van der Waals surface area contributed by atoms with Gasteiger partial charge in [-0.1, -0.05) is 20.8 Å². The van der Waals surface area contributed by atoms with Gasteiger partial charge in [0.1, 0.15) is 5.65 Å². The third-order valence-corrected chi connectivity index (χ3v) is 4.98. The van der Waals surface area contributed by atoms with Crippen LogP contribution in [0, 0.1) is 5.41 Å². The molecule has 0 saturated heterocycles. The number of nitrogens with zero attached hydrogens (tertiary/aromatic N) is 4. The lowest BCUT2D eigenvalue weighted by atomic mass is 9.96. The van der Waals surface area contributed by atoms with Crippen molar-refractivity contribution in [3.05, 3.63) is 46.0 Å². The average Bonchev–Trinajstić information content (AvgIpc) is 3.37. The van der Waals surface area contributed by atoms with Crippen molar-refractivity contribution in [2.24, 2.45) is 5.41 Å². The van der Waals surface area contributed by atoms with Crippen LogP contribution in [0.25, 0.3) is 16.9 Å². The van der Waals surface area contributed by atoms with Gasteiger partial charge in [0.15, 0.2) is 11.3 Å². The summed E-state index contributed by atoms with van der Waals surface area (Å²) in [6, 6.07) is 3.76. The summed E-state index contributed by atoms with van der Waals surface area (Å²) in [5.41, 5.74) is -3.34. The second-order valence-electron chi connectivity index (χ2n) is 9.10. The molecule has 1 fully saturated rings. The first kappa shape index (κ1) is 21.8. The number of rotatable bonds is 4. The number of hydrogen-bond acceptors (Lipinski definition) is 5.